The number of hydrogen-bond donors (Lipinski definition) is 0. The van der Waals surface area contributed by atoms with Gasteiger partial charge in [0.15, 0.2) is 11.0 Å². The first-order valence-corrected chi connectivity index (χ1v) is 10.8. The number of thioether (sulfide) groups is 1. The van der Waals surface area contributed by atoms with Crippen LogP contribution in [0.15, 0.2) is 5.16 Å². The van der Waals surface area contributed by atoms with Crippen LogP contribution in [0.1, 0.15) is 50.4 Å². The molecule has 3 heterocycles. The molecule has 0 amide bonds. The van der Waals surface area contributed by atoms with Gasteiger partial charge in [0.25, 0.3) is 0 Å². The zero-order chi connectivity index (χ0) is 17.5. The van der Waals surface area contributed by atoms with E-state index in [-0.39, 0.29) is 0 Å². The molecule has 0 N–H and O–H groups in total. The first kappa shape index (κ1) is 19.1. The van der Waals surface area contributed by atoms with E-state index in [4.69, 9.17) is 4.74 Å². The van der Waals surface area contributed by atoms with Gasteiger partial charge in [-0.05, 0) is 52.4 Å². The van der Waals surface area contributed by atoms with Gasteiger partial charge < -0.3 is 14.2 Å². The number of hydrogen-bond acceptors (Lipinski definition) is 6. The van der Waals surface area contributed by atoms with Crippen molar-refractivity contribution in [2.45, 2.75) is 56.3 Å². The van der Waals surface area contributed by atoms with Gasteiger partial charge in [-0.15, -0.1) is 10.2 Å². The van der Waals surface area contributed by atoms with Crippen LogP contribution in [0.5, 0.6) is 0 Å². The average molecular weight is 368 g/mol. The summed E-state index contributed by atoms with van der Waals surface area (Å²) in [7, 11) is 3.98. The van der Waals surface area contributed by atoms with E-state index >= 15 is 0 Å². The van der Waals surface area contributed by atoms with Crippen LogP contribution in [0.3, 0.4) is 0 Å². The molecule has 0 aromatic carbocycles. The van der Waals surface area contributed by atoms with Gasteiger partial charge in [0.05, 0.1) is 12.6 Å². The Morgan fingerprint density at radius 3 is 2.60 bits per heavy atom. The number of likely N-dealkylation sites (tertiary alicyclic amines) is 2. The van der Waals surface area contributed by atoms with Crippen molar-refractivity contribution in [3.05, 3.63) is 5.82 Å². The first-order valence-electron chi connectivity index (χ1n) is 9.77. The van der Waals surface area contributed by atoms with Crippen molar-refractivity contribution in [2.24, 2.45) is 0 Å². The van der Waals surface area contributed by atoms with Crippen LogP contribution < -0.4 is 0 Å². The first-order chi connectivity index (χ1) is 12.3. The summed E-state index contributed by atoms with van der Waals surface area (Å²) < 4.78 is 7.59. The summed E-state index contributed by atoms with van der Waals surface area (Å²) in [5, 5.41) is 10.2. The number of rotatable bonds is 8. The smallest absolute Gasteiger partial charge is 0.191 e. The zero-order valence-corrected chi connectivity index (χ0v) is 16.6. The molecular weight excluding hydrogens is 334 g/mol. The highest BCUT2D eigenvalue weighted by Crippen LogP contribution is 2.30. The standard InChI is InChI=1S/C18H33N5OS/c1-21-9-7-4-8-16(21)17-19-20-18(25-15-14-24-2)23(17)13-12-22-10-5-3-6-11-22/h16H,3-15H2,1-2H3. The molecule has 0 aliphatic carbocycles. The Morgan fingerprint density at radius 2 is 1.84 bits per heavy atom. The molecule has 0 spiro atoms. The number of methoxy groups -OCH3 is 1. The molecule has 2 saturated heterocycles. The minimum absolute atomic E-state index is 0.416. The molecule has 1 unspecified atom stereocenters. The molecule has 0 saturated carbocycles. The SMILES string of the molecule is COCCSc1nnc(C2CCCCN2C)n1CCN1CCCCC1. The highest BCUT2D eigenvalue weighted by molar-refractivity contribution is 7.99. The molecule has 2 aliphatic rings. The van der Waals surface area contributed by atoms with Crippen LogP contribution >= 0.6 is 11.8 Å². The Bertz CT molecular complexity index is 518. The van der Waals surface area contributed by atoms with Crippen LogP contribution in [-0.4, -0.2) is 77.3 Å². The van der Waals surface area contributed by atoms with Crippen molar-refractivity contribution >= 4 is 11.8 Å². The van der Waals surface area contributed by atoms with Crippen molar-refractivity contribution in [2.75, 3.05) is 52.7 Å². The van der Waals surface area contributed by atoms with Crippen molar-refractivity contribution < 1.29 is 4.74 Å². The molecule has 7 heteroatoms. The van der Waals surface area contributed by atoms with Crippen LogP contribution in [0, 0.1) is 0 Å². The molecular formula is C18H33N5OS. The normalized spacial score (nSPS) is 23.2. The van der Waals surface area contributed by atoms with Crippen LogP contribution in [-0.2, 0) is 11.3 Å². The summed E-state index contributed by atoms with van der Waals surface area (Å²) >= 11 is 1.77. The predicted molar refractivity (Wildman–Crippen MR) is 102 cm³/mol. The van der Waals surface area contributed by atoms with Gasteiger partial charge in [0.1, 0.15) is 0 Å². The van der Waals surface area contributed by atoms with Crippen molar-refractivity contribution in [3.63, 3.8) is 0 Å². The fraction of sp³-hybridized carbons (Fsp3) is 0.889. The van der Waals surface area contributed by atoms with Gasteiger partial charge in [-0.3, -0.25) is 4.90 Å². The van der Waals surface area contributed by atoms with E-state index in [0.717, 1.165) is 37.2 Å². The summed E-state index contributed by atoms with van der Waals surface area (Å²) in [6, 6.07) is 0.416. The van der Waals surface area contributed by atoms with Gasteiger partial charge in [-0.2, -0.15) is 0 Å². The fourth-order valence-corrected chi connectivity index (χ4v) is 4.78. The maximum atomic E-state index is 5.20. The van der Waals surface area contributed by atoms with E-state index in [1.807, 2.05) is 0 Å². The Hall–Kier alpha value is -0.630. The average Bonchev–Trinajstić information content (AvgIpc) is 3.04. The highest BCUT2D eigenvalue weighted by atomic mass is 32.2. The minimum Gasteiger partial charge on any atom is -0.384 e. The lowest BCUT2D eigenvalue weighted by Gasteiger charge is -2.32. The molecule has 142 valence electrons. The number of aromatic nitrogens is 3. The van der Waals surface area contributed by atoms with Crippen molar-refractivity contribution in [3.8, 4) is 0 Å². The largest absolute Gasteiger partial charge is 0.384 e. The van der Waals surface area contributed by atoms with E-state index in [1.54, 1.807) is 18.9 Å². The maximum absolute atomic E-state index is 5.20. The molecule has 1 aromatic heterocycles. The highest BCUT2D eigenvalue weighted by Gasteiger charge is 2.27. The Labute approximate surface area is 156 Å². The van der Waals surface area contributed by atoms with Crippen LogP contribution in [0.2, 0.25) is 0 Å². The second kappa shape index (κ2) is 9.90. The quantitative estimate of drug-likeness (QED) is 0.520. The summed E-state index contributed by atoms with van der Waals surface area (Å²) in [5.74, 6) is 2.10. The van der Waals surface area contributed by atoms with E-state index < -0.39 is 0 Å². The zero-order valence-electron chi connectivity index (χ0n) is 15.8. The molecule has 1 aromatic rings. The van der Waals surface area contributed by atoms with Crippen molar-refractivity contribution in [1.82, 2.24) is 24.6 Å². The molecule has 1 atom stereocenters. The molecule has 2 aliphatic heterocycles. The maximum Gasteiger partial charge on any atom is 0.191 e. The molecule has 6 nitrogen and oxygen atoms in total. The lowest BCUT2D eigenvalue weighted by Crippen LogP contribution is -2.35. The van der Waals surface area contributed by atoms with E-state index in [1.165, 1.54) is 57.4 Å². The van der Waals surface area contributed by atoms with Crippen LogP contribution in [0.25, 0.3) is 0 Å². The molecule has 25 heavy (non-hydrogen) atoms. The lowest BCUT2D eigenvalue weighted by molar-refractivity contribution is 0.170. The van der Waals surface area contributed by atoms with Gasteiger partial charge in [0, 0.05) is 26.0 Å². The second-order valence-electron chi connectivity index (χ2n) is 7.23. The summed E-state index contributed by atoms with van der Waals surface area (Å²) in [5.41, 5.74) is 0. The molecule has 2 fully saturated rings. The summed E-state index contributed by atoms with van der Waals surface area (Å²) in [4.78, 5) is 5.05. The Morgan fingerprint density at radius 1 is 1.04 bits per heavy atom. The molecule has 3 rings (SSSR count). The third-order valence-electron chi connectivity index (χ3n) is 5.42. The third kappa shape index (κ3) is 5.18. The fourth-order valence-electron chi connectivity index (χ4n) is 3.91. The number of nitrogens with zero attached hydrogens (tertiary/aromatic N) is 5. The van der Waals surface area contributed by atoms with E-state index in [9.17, 15) is 0 Å². The molecule has 0 bridgehead atoms. The Balaban J connectivity index is 1.71. The summed E-state index contributed by atoms with van der Waals surface area (Å²) in [6.45, 7) is 6.51. The van der Waals surface area contributed by atoms with Gasteiger partial charge >= 0.3 is 0 Å². The monoisotopic (exact) mass is 367 g/mol. The van der Waals surface area contributed by atoms with Crippen molar-refractivity contribution in [1.29, 1.82) is 0 Å². The van der Waals surface area contributed by atoms with E-state index in [0.29, 0.717) is 6.04 Å². The van der Waals surface area contributed by atoms with Crippen LogP contribution in [0.4, 0.5) is 0 Å². The Kier molecular flexibility index (Phi) is 7.58. The predicted octanol–water partition coefficient (Wildman–Crippen LogP) is 2.66. The number of ether oxygens (including phenoxy) is 1. The lowest BCUT2D eigenvalue weighted by atomic mass is 10.0. The summed E-state index contributed by atoms with van der Waals surface area (Å²) in [6.07, 6.45) is 7.86. The van der Waals surface area contributed by atoms with Gasteiger partial charge in [-0.1, -0.05) is 24.6 Å². The van der Waals surface area contributed by atoms with E-state index in [2.05, 4.69) is 31.6 Å². The van der Waals surface area contributed by atoms with Gasteiger partial charge in [-0.25, -0.2) is 0 Å². The number of piperidine rings is 2. The van der Waals surface area contributed by atoms with Gasteiger partial charge in [0.2, 0.25) is 0 Å². The molecule has 0 radical (unpaired) electrons. The third-order valence-corrected chi connectivity index (χ3v) is 6.35. The topological polar surface area (TPSA) is 46.4 Å². The minimum atomic E-state index is 0.416. The second-order valence-corrected chi connectivity index (χ2v) is 8.29.